The molecule has 0 fully saturated rings. The van der Waals surface area contributed by atoms with Gasteiger partial charge < -0.3 is 14.0 Å². The summed E-state index contributed by atoms with van der Waals surface area (Å²) in [5.74, 6) is -2.06. The third kappa shape index (κ3) is 27.8. The van der Waals surface area contributed by atoms with Crippen molar-refractivity contribution in [3.05, 3.63) is 0 Å². The van der Waals surface area contributed by atoms with Crippen LogP contribution in [0.15, 0.2) is 0 Å². The fourth-order valence-electron chi connectivity index (χ4n) is 3.08. The van der Waals surface area contributed by atoms with Gasteiger partial charge in [-0.05, 0) is 6.42 Å². The predicted octanol–water partition coefficient (Wildman–Crippen LogP) is 1.88. The first-order valence-electron chi connectivity index (χ1n) is 11.6. The molecule has 9 heteroatoms. The fourth-order valence-corrected chi connectivity index (χ4v) is 3.50. The van der Waals surface area contributed by atoms with Crippen LogP contribution in [-0.4, -0.2) is 43.9 Å². The van der Waals surface area contributed by atoms with E-state index in [1.807, 2.05) is 0 Å². The molecule has 0 aliphatic heterocycles. The second-order valence-electron chi connectivity index (χ2n) is 7.80. The Morgan fingerprint density at radius 3 is 1.48 bits per heavy atom. The minimum atomic E-state index is -4.44. The monoisotopic (exact) mass is 472 g/mol. The van der Waals surface area contributed by atoms with Crippen LogP contribution in [0.4, 0.5) is 0 Å². The van der Waals surface area contributed by atoms with Gasteiger partial charge in [-0.25, -0.2) is 8.42 Å². The second kappa shape index (κ2) is 23.0. The zero-order valence-corrected chi connectivity index (χ0v) is 22.5. The Kier molecular flexibility index (Phi) is 24.5. The molecule has 0 atom stereocenters. The standard InChI is InChI=1S/C22H42O7S.Na/c1-2-3-4-5-6-7-8-9-10-11-12-13-14-15-18-28-21(23)16-19-29-22(24)17-20-30(25,26)27;/h2-20H2,1H3,(H,25,26,27);/q;+1/p-1. The van der Waals surface area contributed by atoms with Crippen molar-refractivity contribution in [3.8, 4) is 0 Å². The summed E-state index contributed by atoms with van der Waals surface area (Å²) in [5.41, 5.74) is 0. The molecular formula is C22H41NaO7S. The van der Waals surface area contributed by atoms with Crippen molar-refractivity contribution >= 4 is 22.1 Å². The summed E-state index contributed by atoms with van der Waals surface area (Å²) in [6.07, 6.45) is 17.1. The topological polar surface area (TPSA) is 110 Å². The fraction of sp³-hybridized carbons (Fsp3) is 0.909. The van der Waals surface area contributed by atoms with Crippen LogP contribution in [0.5, 0.6) is 0 Å². The molecule has 0 heterocycles. The van der Waals surface area contributed by atoms with Crippen molar-refractivity contribution in [2.45, 2.75) is 110 Å². The molecule has 0 rings (SSSR count). The molecule has 7 nitrogen and oxygen atoms in total. The summed E-state index contributed by atoms with van der Waals surface area (Å²) in [6, 6.07) is 0. The molecule has 0 aliphatic rings. The zero-order valence-electron chi connectivity index (χ0n) is 19.7. The molecule has 0 aliphatic carbocycles. The van der Waals surface area contributed by atoms with E-state index in [1.54, 1.807) is 0 Å². The van der Waals surface area contributed by atoms with Crippen molar-refractivity contribution in [1.29, 1.82) is 0 Å². The second-order valence-corrected chi connectivity index (χ2v) is 9.32. The molecule has 178 valence electrons. The maximum absolute atomic E-state index is 11.5. The first-order valence-corrected chi connectivity index (χ1v) is 13.2. The summed E-state index contributed by atoms with van der Waals surface area (Å²) in [4.78, 5) is 22.7. The molecule has 0 bridgehead atoms. The molecule has 0 spiro atoms. The van der Waals surface area contributed by atoms with E-state index in [1.165, 1.54) is 70.6 Å². The van der Waals surface area contributed by atoms with Crippen molar-refractivity contribution in [2.75, 3.05) is 19.0 Å². The average molecular weight is 473 g/mol. The summed E-state index contributed by atoms with van der Waals surface area (Å²) < 4.78 is 41.0. The quantitative estimate of drug-likeness (QED) is 0.109. The molecule has 0 aromatic carbocycles. The van der Waals surface area contributed by atoms with Crippen LogP contribution in [0.2, 0.25) is 0 Å². The molecule has 0 unspecified atom stereocenters. The SMILES string of the molecule is CCCCCCCCCCCCCCCCOC(=O)CCOC(=O)CCS(=O)(=O)[O-].[Na+]. The Balaban J connectivity index is 0. The maximum Gasteiger partial charge on any atom is 1.00 e. The van der Waals surface area contributed by atoms with Gasteiger partial charge in [0.25, 0.3) is 0 Å². The van der Waals surface area contributed by atoms with Gasteiger partial charge in [-0.2, -0.15) is 0 Å². The van der Waals surface area contributed by atoms with E-state index in [2.05, 4.69) is 6.92 Å². The van der Waals surface area contributed by atoms with Crippen LogP contribution in [-0.2, 0) is 29.2 Å². The number of rotatable bonds is 21. The molecule has 0 saturated carbocycles. The van der Waals surface area contributed by atoms with Crippen LogP contribution < -0.4 is 29.6 Å². The van der Waals surface area contributed by atoms with E-state index in [-0.39, 0.29) is 42.6 Å². The number of carbonyl (C=O) groups is 2. The van der Waals surface area contributed by atoms with Crippen molar-refractivity contribution < 1.29 is 61.6 Å². The molecule has 0 N–H and O–H groups in total. The van der Waals surface area contributed by atoms with E-state index < -0.39 is 34.2 Å². The van der Waals surface area contributed by atoms with Gasteiger partial charge >= 0.3 is 41.5 Å². The zero-order chi connectivity index (χ0) is 22.5. The van der Waals surface area contributed by atoms with E-state index in [0.29, 0.717) is 6.61 Å². The molecule has 0 aromatic rings. The smallest absolute Gasteiger partial charge is 0.748 e. The minimum Gasteiger partial charge on any atom is -0.748 e. The van der Waals surface area contributed by atoms with Gasteiger partial charge in [0, 0.05) is 5.75 Å². The summed E-state index contributed by atoms with van der Waals surface area (Å²) >= 11 is 0. The van der Waals surface area contributed by atoms with Crippen molar-refractivity contribution in [2.24, 2.45) is 0 Å². The Labute approximate surface area is 211 Å². The van der Waals surface area contributed by atoms with Crippen LogP contribution >= 0.6 is 0 Å². The number of unbranched alkanes of at least 4 members (excludes halogenated alkanes) is 13. The van der Waals surface area contributed by atoms with E-state index in [4.69, 9.17) is 9.47 Å². The summed E-state index contributed by atoms with van der Waals surface area (Å²) in [5, 5.41) is 0. The Hall–Kier alpha value is -0.150. The van der Waals surface area contributed by atoms with Gasteiger partial charge in [-0.3, -0.25) is 9.59 Å². The largest absolute Gasteiger partial charge is 1.00 e. The molecule has 0 amide bonds. The molecular weight excluding hydrogens is 431 g/mol. The van der Waals surface area contributed by atoms with Gasteiger partial charge in [0.05, 0.1) is 29.6 Å². The minimum absolute atomic E-state index is 0. The number of carbonyl (C=O) groups excluding carboxylic acids is 2. The van der Waals surface area contributed by atoms with Gasteiger partial charge in [-0.1, -0.05) is 90.4 Å². The van der Waals surface area contributed by atoms with Crippen molar-refractivity contribution in [3.63, 3.8) is 0 Å². The summed E-state index contributed by atoms with van der Waals surface area (Å²) in [6.45, 7) is 2.44. The van der Waals surface area contributed by atoms with Gasteiger partial charge in [0.15, 0.2) is 0 Å². The molecule has 0 radical (unpaired) electrons. The van der Waals surface area contributed by atoms with Gasteiger partial charge in [0.2, 0.25) is 0 Å². The Morgan fingerprint density at radius 1 is 0.645 bits per heavy atom. The van der Waals surface area contributed by atoms with Crippen molar-refractivity contribution in [1.82, 2.24) is 0 Å². The third-order valence-corrected chi connectivity index (χ3v) is 5.59. The number of esters is 2. The maximum atomic E-state index is 11.5. The van der Waals surface area contributed by atoms with E-state index in [0.717, 1.165) is 19.3 Å². The first-order chi connectivity index (χ1) is 14.3. The Bertz CT molecular complexity index is 538. The number of hydrogen-bond acceptors (Lipinski definition) is 7. The normalized spacial score (nSPS) is 11.0. The molecule has 0 aromatic heterocycles. The van der Waals surface area contributed by atoms with E-state index in [9.17, 15) is 22.6 Å². The van der Waals surface area contributed by atoms with Gasteiger partial charge in [0.1, 0.15) is 6.61 Å². The number of ether oxygens (including phenoxy) is 2. The third-order valence-electron chi connectivity index (χ3n) is 4.89. The van der Waals surface area contributed by atoms with E-state index >= 15 is 0 Å². The van der Waals surface area contributed by atoms with Crippen LogP contribution in [0.3, 0.4) is 0 Å². The Morgan fingerprint density at radius 2 is 1.03 bits per heavy atom. The van der Waals surface area contributed by atoms with Crippen LogP contribution in [0.1, 0.15) is 110 Å². The average Bonchev–Trinajstić information content (AvgIpc) is 2.69. The number of hydrogen-bond donors (Lipinski definition) is 0. The predicted molar refractivity (Wildman–Crippen MR) is 116 cm³/mol. The van der Waals surface area contributed by atoms with Crippen LogP contribution in [0, 0.1) is 0 Å². The van der Waals surface area contributed by atoms with Crippen LogP contribution in [0.25, 0.3) is 0 Å². The van der Waals surface area contributed by atoms with Gasteiger partial charge in [-0.15, -0.1) is 0 Å². The molecule has 0 saturated heterocycles. The summed E-state index contributed by atoms with van der Waals surface area (Å²) in [7, 11) is -4.44. The first kappa shape index (κ1) is 33.0. The molecule has 31 heavy (non-hydrogen) atoms.